The van der Waals surface area contributed by atoms with Gasteiger partial charge in [0.15, 0.2) is 9.84 Å². The molecule has 1 aliphatic heterocycles. The number of likely N-dealkylation sites (tertiary alicyclic amines) is 1. The number of benzene rings is 1. The van der Waals surface area contributed by atoms with Crippen molar-refractivity contribution in [2.45, 2.75) is 55.6 Å². The molecule has 35 heavy (non-hydrogen) atoms. The molecule has 1 aromatic carbocycles. The van der Waals surface area contributed by atoms with Gasteiger partial charge in [-0.05, 0) is 61.8 Å². The lowest BCUT2D eigenvalue weighted by molar-refractivity contribution is -0.126. The minimum absolute atomic E-state index is 0.0000620. The van der Waals surface area contributed by atoms with E-state index in [0.717, 1.165) is 31.4 Å². The maximum Gasteiger partial charge on any atom is 0.273 e. The van der Waals surface area contributed by atoms with Crippen LogP contribution in [-0.2, 0) is 14.6 Å². The zero-order valence-electron chi connectivity index (χ0n) is 18.9. The van der Waals surface area contributed by atoms with Crippen LogP contribution in [0.3, 0.4) is 0 Å². The number of fused-ring (bicyclic) bond motifs is 1. The van der Waals surface area contributed by atoms with Crippen molar-refractivity contribution >= 4 is 33.3 Å². The highest BCUT2D eigenvalue weighted by Crippen LogP contribution is 2.49. The molecule has 1 N–H and O–H groups in total. The number of carbonyl (C=O) groups is 2. The summed E-state index contributed by atoms with van der Waals surface area (Å²) in [6.07, 6.45) is 3.99. The predicted octanol–water partition coefficient (Wildman–Crippen LogP) is 3.68. The number of pyridine rings is 1. The fourth-order valence-corrected chi connectivity index (χ4v) is 5.95. The third-order valence-electron chi connectivity index (χ3n) is 7.10. The summed E-state index contributed by atoms with van der Waals surface area (Å²) in [5.74, 6) is -2.42. The first-order chi connectivity index (χ1) is 16.6. The van der Waals surface area contributed by atoms with Gasteiger partial charge >= 0.3 is 0 Å². The third kappa shape index (κ3) is 4.53. The average Bonchev–Trinajstić information content (AvgIpc) is 3.77. The van der Waals surface area contributed by atoms with Gasteiger partial charge in [-0.1, -0.05) is 18.5 Å². The van der Waals surface area contributed by atoms with Gasteiger partial charge in [-0.2, -0.15) is 0 Å². The van der Waals surface area contributed by atoms with Gasteiger partial charge in [0.25, 0.3) is 5.91 Å². The van der Waals surface area contributed by atoms with Crippen molar-refractivity contribution in [2.24, 2.45) is 11.8 Å². The Labute approximate surface area is 206 Å². The maximum absolute atomic E-state index is 14.6. The topological polar surface area (TPSA) is 96.4 Å². The zero-order valence-corrected chi connectivity index (χ0v) is 20.5. The quantitative estimate of drug-likeness (QED) is 0.558. The molecule has 2 aromatic rings. The van der Waals surface area contributed by atoms with E-state index < -0.39 is 45.4 Å². The van der Waals surface area contributed by atoms with Crippen LogP contribution in [0, 0.1) is 23.5 Å². The van der Waals surface area contributed by atoms with Crippen molar-refractivity contribution in [3.8, 4) is 0 Å². The van der Waals surface area contributed by atoms with Crippen LogP contribution in [0.25, 0.3) is 0 Å². The summed E-state index contributed by atoms with van der Waals surface area (Å²) in [6.45, 7) is 1.51. The molecule has 2 aliphatic carbocycles. The molecule has 3 aliphatic rings. The molecule has 4 atom stereocenters. The van der Waals surface area contributed by atoms with E-state index in [-0.39, 0.29) is 44.8 Å². The fourth-order valence-electron chi connectivity index (χ4n) is 4.91. The molecule has 1 saturated heterocycles. The summed E-state index contributed by atoms with van der Waals surface area (Å²) >= 11 is 5.69. The maximum atomic E-state index is 14.6. The molecular weight excluding hydrogens is 500 g/mol. The SMILES string of the molecule is CCS(=O)(=O)c1ccnc(C(=O)N2[C@@H](C(=O)NC(c3cc(F)c(Cl)cc3F)C3CC3)C[C@H]3C[C@H]32)c1. The Balaban J connectivity index is 1.39. The van der Waals surface area contributed by atoms with E-state index >= 15 is 0 Å². The lowest BCUT2D eigenvalue weighted by Gasteiger charge is -2.29. The molecule has 7 nitrogen and oxygen atoms in total. The van der Waals surface area contributed by atoms with Crippen LogP contribution >= 0.6 is 11.6 Å². The number of nitrogens with one attached hydrogen (secondary N) is 1. The molecule has 2 heterocycles. The van der Waals surface area contributed by atoms with Crippen molar-refractivity contribution in [3.63, 3.8) is 0 Å². The normalized spacial score (nSPS) is 24.1. The van der Waals surface area contributed by atoms with Gasteiger partial charge in [0, 0.05) is 17.8 Å². The number of nitrogens with zero attached hydrogens (tertiary/aromatic N) is 2. The summed E-state index contributed by atoms with van der Waals surface area (Å²) in [5, 5.41) is 2.51. The van der Waals surface area contributed by atoms with Gasteiger partial charge in [-0.3, -0.25) is 14.6 Å². The number of hydrogen-bond donors (Lipinski definition) is 1. The Morgan fingerprint density at radius 1 is 1.20 bits per heavy atom. The smallest absolute Gasteiger partial charge is 0.273 e. The Morgan fingerprint density at radius 3 is 2.63 bits per heavy atom. The van der Waals surface area contributed by atoms with Crippen molar-refractivity contribution in [1.29, 1.82) is 0 Å². The Hall–Kier alpha value is -2.59. The monoisotopic (exact) mass is 523 g/mol. The molecule has 11 heteroatoms. The van der Waals surface area contributed by atoms with E-state index in [1.54, 1.807) is 0 Å². The molecule has 0 spiro atoms. The molecule has 186 valence electrons. The van der Waals surface area contributed by atoms with E-state index in [1.807, 2.05) is 0 Å². The molecule has 1 unspecified atom stereocenters. The zero-order chi connectivity index (χ0) is 25.1. The summed E-state index contributed by atoms with van der Waals surface area (Å²) in [7, 11) is -3.54. The summed E-state index contributed by atoms with van der Waals surface area (Å²) in [5.41, 5.74) is -0.0163. The first kappa shape index (κ1) is 24.1. The van der Waals surface area contributed by atoms with Crippen LogP contribution in [0.5, 0.6) is 0 Å². The highest BCUT2D eigenvalue weighted by atomic mass is 35.5. The number of piperidine rings is 1. The van der Waals surface area contributed by atoms with Gasteiger partial charge < -0.3 is 10.2 Å². The Bertz CT molecular complexity index is 1320. The molecule has 0 bridgehead atoms. The number of hydrogen-bond acceptors (Lipinski definition) is 5. The molecule has 0 radical (unpaired) electrons. The van der Waals surface area contributed by atoms with Gasteiger partial charge in [0.2, 0.25) is 5.91 Å². The van der Waals surface area contributed by atoms with Crippen molar-refractivity contribution in [2.75, 3.05) is 5.75 Å². The second-order valence-corrected chi connectivity index (χ2v) is 12.1. The van der Waals surface area contributed by atoms with Gasteiger partial charge in [0.05, 0.1) is 21.7 Å². The van der Waals surface area contributed by atoms with Crippen molar-refractivity contribution < 1.29 is 26.8 Å². The molecule has 2 saturated carbocycles. The molecule has 5 rings (SSSR count). The van der Waals surface area contributed by atoms with Crippen LogP contribution in [-0.4, -0.2) is 48.0 Å². The predicted molar refractivity (Wildman–Crippen MR) is 123 cm³/mol. The van der Waals surface area contributed by atoms with E-state index in [9.17, 15) is 26.8 Å². The number of aromatic nitrogens is 1. The number of rotatable bonds is 7. The molecule has 2 amide bonds. The fraction of sp³-hybridized carbons (Fsp3) is 0.458. The van der Waals surface area contributed by atoms with Crippen molar-refractivity contribution in [3.05, 3.63) is 58.4 Å². The molecule has 3 fully saturated rings. The number of sulfone groups is 1. The van der Waals surface area contributed by atoms with E-state index in [4.69, 9.17) is 11.6 Å². The Morgan fingerprint density at radius 2 is 1.94 bits per heavy atom. The molecule has 1 aromatic heterocycles. The largest absolute Gasteiger partial charge is 0.347 e. The highest BCUT2D eigenvalue weighted by Gasteiger charge is 2.56. The van der Waals surface area contributed by atoms with Gasteiger partial charge in [-0.15, -0.1) is 0 Å². The summed E-state index contributed by atoms with van der Waals surface area (Å²) < 4.78 is 53.2. The van der Waals surface area contributed by atoms with Crippen molar-refractivity contribution in [1.82, 2.24) is 15.2 Å². The van der Waals surface area contributed by atoms with Crippen LogP contribution in [0.15, 0.2) is 35.4 Å². The van der Waals surface area contributed by atoms with Gasteiger partial charge in [-0.25, -0.2) is 17.2 Å². The van der Waals surface area contributed by atoms with Gasteiger partial charge in [0.1, 0.15) is 23.4 Å². The standard InChI is InChI=1S/C24H24ClF2N3O4S/c1-2-35(33,34)14-5-6-28-19(9-14)24(32)30-20-7-13(20)8-21(30)23(31)29-22(12-3-4-12)15-10-18(27)16(25)11-17(15)26/h5-6,9-13,20-22H,2-4,7-8H2,1H3,(H,29,31)/t13-,20-,21-,22?/m1/s1. The van der Waals surface area contributed by atoms with Crippen LogP contribution < -0.4 is 5.32 Å². The average molecular weight is 524 g/mol. The first-order valence-electron chi connectivity index (χ1n) is 11.6. The summed E-state index contributed by atoms with van der Waals surface area (Å²) in [4.78, 5) is 32.2. The van der Waals surface area contributed by atoms with Crippen LogP contribution in [0.4, 0.5) is 8.78 Å². The third-order valence-corrected chi connectivity index (χ3v) is 9.12. The highest BCUT2D eigenvalue weighted by molar-refractivity contribution is 7.91. The number of amides is 2. The minimum atomic E-state index is -3.54. The lowest BCUT2D eigenvalue weighted by atomic mass is 10.00. The minimum Gasteiger partial charge on any atom is -0.347 e. The number of carbonyl (C=O) groups excluding carboxylic acids is 2. The lowest BCUT2D eigenvalue weighted by Crippen LogP contribution is -2.49. The van der Waals surface area contributed by atoms with E-state index in [1.165, 1.54) is 30.2 Å². The first-order valence-corrected chi connectivity index (χ1v) is 13.6. The second kappa shape index (κ2) is 8.81. The van der Waals surface area contributed by atoms with Crippen LogP contribution in [0.1, 0.15) is 54.7 Å². The van der Waals surface area contributed by atoms with Crippen LogP contribution in [0.2, 0.25) is 5.02 Å². The Kier molecular flexibility index (Phi) is 6.07. The molecular formula is C24H24ClF2N3O4S. The van der Waals surface area contributed by atoms with E-state index in [0.29, 0.717) is 6.42 Å². The van der Waals surface area contributed by atoms with E-state index in [2.05, 4.69) is 10.3 Å². The summed E-state index contributed by atoms with van der Waals surface area (Å²) in [6, 6.07) is 2.82. The second-order valence-electron chi connectivity index (χ2n) is 9.42. The number of halogens is 3.